The van der Waals surface area contributed by atoms with E-state index in [0.29, 0.717) is 0 Å². The SMILES string of the molecule is COCCNS(=O)(=O)c1cnc(NC(C)=O)s1. The number of anilines is 1. The summed E-state index contributed by atoms with van der Waals surface area (Å²) in [5.74, 6) is -0.296. The lowest BCUT2D eigenvalue weighted by atomic mass is 10.7. The van der Waals surface area contributed by atoms with Crippen molar-refractivity contribution < 1.29 is 17.9 Å². The lowest BCUT2D eigenvalue weighted by Gasteiger charge is -2.02. The second-order valence-corrected chi connectivity index (χ2v) is 6.08. The van der Waals surface area contributed by atoms with Gasteiger partial charge in [0, 0.05) is 20.6 Å². The van der Waals surface area contributed by atoms with Crippen LogP contribution in [-0.2, 0) is 19.6 Å². The highest BCUT2D eigenvalue weighted by molar-refractivity contribution is 7.91. The predicted octanol–water partition coefficient (Wildman–Crippen LogP) is 0.0262. The largest absolute Gasteiger partial charge is 0.383 e. The summed E-state index contributed by atoms with van der Waals surface area (Å²) in [6.07, 6.45) is 1.20. The average molecular weight is 279 g/mol. The van der Waals surface area contributed by atoms with Crippen molar-refractivity contribution in [1.82, 2.24) is 9.71 Å². The van der Waals surface area contributed by atoms with Crippen LogP contribution < -0.4 is 10.0 Å². The van der Waals surface area contributed by atoms with Gasteiger partial charge in [-0.3, -0.25) is 4.79 Å². The molecule has 0 spiro atoms. The standard InChI is InChI=1S/C8H13N3O4S2/c1-6(12)11-8-9-5-7(16-8)17(13,14)10-3-4-15-2/h5,10H,3-4H2,1-2H3,(H,9,11,12). The summed E-state index contributed by atoms with van der Waals surface area (Å²) in [7, 11) is -2.09. The van der Waals surface area contributed by atoms with Gasteiger partial charge in [0.2, 0.25) is 5.91 Å². The summed E-state index contributed by atoms with van der Waals surface area (Å²) < 4.78 is 30.5. The average Bonchev–Trinajstić information content (AvgIpc) is 2.66. The van der Waals surface area contributed by atoms with Crippen LogP contribution in [0.3, 0.4) is 0 Å². The Kier molecular flexibility index (Phi) is 5.00. The van der Waals surface area contributed by atoms with Crippen LogP contribution >= 0.6 is 11.3 Å². The molecular weight excluding hydrogens is 266 g/mol. The number of sulfonamides is 1. The smallest absolute Gasteiger partial charge is 0.251 e. The van der Waals surface area contributed by atoms with E-state index in [1.165, 1.54) is 20.2 Å². The van der Waals surface area contributed by atoms with Gasteiger partial charge in [0.25, 0.3) is 10.0 Å². The predicted molar refractivity (Wildman–Crippen MR) is 63.5 cm³/mol. The first-order valence-electron chi connectivity index (χ1n) is 4.67. The Hall–Kier alpha value is -1.03. The minimum atomic E-state index is -3.57. The van der Waals surface area contributed by atoms with Crippen molar-refractivity contribution in [1.29, 1.82) is 0 Å². The third-order valence-electron chi connectivity index (χ3n) is 1.63. The first-order valence-corrected chi connectivity index (χ1v) is 6.97. The maximum absolute atomic E-state index is 11.7. The van der Waals surface area contributed by atoms with Crippen LogP contribution in [0.2, 0.25) is 0 Å². The van der Waals surface area contributed by atoms with Crippen molar-refractivity contribution in [3.05, 3.63) is 6.20 Å². The van der Waals surface area contributed by atoms with Crippen LogP contribution in [0.4, 0.5) is 5.13 Å². The Morgan fingerprint density at radius 3 is 2.88 bits per heavy atom. The van der Waals surface area contributed by atoms with E-state index in [1.54, 1.807) is 0 Å². The molecule has 7 nitrogen and oxygen atoms in total. The fraction of sp³-hybridized carbons (Fsp3) is 0.500. The van der Waals surface area contributed by atoms with E-state index in [2.05, 4.69) is 15.0 Å². The van der Waals surface area contributed by atoms with Gasteiger partial charge in [-0.25, -0.2) is 18.1 Å². The molecule has 1 aromatic heterocycles. The molecule has 1 heterocycles. The number of rotatable bonds is 6. The quantitative estimate of drug-likeness (QED) is 0.716. The van der Waals surface area contributed by atoms with Crippen LogP contribution in [-0.4, -0.2) is 39.6 Å². The Morgan fingerprint density at radius 1 is 1.59 bits per heavy atom. The zero-order valence-electron chi connectivity index (χ0n) is 9.39. The molecule has 0 atom stereocenters. The second kappa shape index (κ2) is 6.05. The number of ether oxygens (including phenoxy) is 1. The molecule has 1 amide bonds. The Bertz CT molecular complexity index is 483. The zero-order chi connectivity index (χ0) is 12.9. The topological polar surface area (TPSA) is 97.4 Å². The van der Waals surface area contributed by atoms with Crippen molar-refractivity contribution in [3.8, 4) is 0 Å². The second-order valence-electron chi connectivity index (χ2n) is 3.06. The fourth-order valence-corrected chi connectivity index (χ4v) is 3.08. The van der Waals surface area contributed by atoms with Gasteiger partial charge in [-0.05, 0) is 0 Å². The molecule has 0 aliphatic heterocycles. The Balaban J connectivity index is 2.71. The van der Waals surface area contributed by atoms with E-state index in [0.717, 1.165) is 11.3 Å². The molecule has 0 bridgehead atoms. The highest BCUT2D eigenvalue weighted by atomic mass is 32.2. The molecule has 0 radical (unpaired) electrons. The van der Waals surface area contributed by atoms with Gasteiger partial charge in [-0.1, -0.05) is 11.3 Å². The zero-order valence-corrected chi connectivity index (χ0v) is 11.0. The number of hydrogen-bond acceptors (Lipinski definition) is 6. The molecule has 0 fully saturated rings. The summed E-state index contributed by atoms with van der Waals surface area (Å²) in [5.41, 5.74) is 0. The normalized spacial score (nSPS) is 11.4. The highest BCUT2D eigenvalue weighted by Crippen LogP contribution is 2.22. The van der Waals surface area contributed by atoms with Gasteiger partial charge in [-0.15, -0.1) is 0 Å². The van der Waals surface area contributed by atoms with E-state index < -0.39 is 10.0 Å². The van der Waals surface area contributed by atoms with Crippen molar-refractivity contribution in [2.24, 2.45) is 0 Å². The minimum Gasteiger partial charge on any atom is -0.383 e. The third kappa shape index (κ3) is 4.38. The van der Waals surface area contributed by atoms with E-state index >= 15 is 0 Å². The lowest BCUT2D eigenvalue weighted by Crippen LogP contribution is -2.26. The van der Waals surface area contributed by atoms with Crippen molar-refractivity contribution in [3.63, 3.8) is 0 Å². The van der Waals surface area contributed by atoms with Gasteiger partial charge >= 0.3 is 0 Å². The number of nitrogens with zero attached hydrogens (tertiary/aromatic N) is 1. The number of aromatic nitrogens is 1. The number of carbonyl (C=O) groups is 1. The molecule has 17 heavy (non-hydrogen) atoms. The molecule has 9 heteroatoms. The lowest BCUT2D eigenvalue weighted by molar-refractivity contribution is -0.114. The summed E-state index contributed by atoms with van der Waals surface area (Å²) in [6, 6.07) is 0. The van der Waals surface area contributed by atoms with E-state index in [9.17, 15) is 13.2 Å². The number of nitrogens with one attached hydrogen (secondary N) is 2. The van der Waals surface area contributed by atoms with Gasteiger partial charge < -0.3 is 10.1 Å². The molecule has 0 saturated carbocycles. The van der Waals surface area contributed by atoms with E-state index in [4.69, 9.17) is 4.74 Å². The monoisotopic (exact) mass is 279 g/mol. The summed E-state index contributed by atoms with van der Waals surface area (Å²) >= 11 is 0.892. The first-order chi connectivity index (χ1) is 7.95. The van der Waals surface area contributed by atoms with Crippen LogP contribution in [0.1, 0.15) is 6.92 Å². The van der Waals surface area contributed by atoms with Gasteiger partial charge in [0.05, 0.1) is 12.8 Å². The summed E-state index contributed by atoms with van der Waals surface area (Å²) in [4.78, 5) is 14.5. The van der Waals surface area contributed by atoms with Crippen LogP contribution in [0.5, 0.6) is 0 Å². The number of thiazole rings is 1. The number of carbonyl (C=O) groups excluding carboxylic acids is 1. The maximum atomic E-state index is 11.7. The molecule has 2 N–H and O–H groups in total. The molecule has 0 aromatic carbocycles. The summed E-state index contributed by atoms with van der Waals surface area (Å²) in [5, 5.41) is 2.67. The van der Waals surface area contributed by atoms with E-state index in [-0.39, 0.29) is 28.4 Å². The maximum Gasteiger partial charge on any atom is 0.251 e. The molecule has 0 aliphatic rings. The Labute approximate surface area is 103 Å². The highest BCUT2D eigenvalue weighted by Gasteiger charge is 2.17. The molecular formula is C8H13N3O4S2. The van der Waals surface area contributed by atoms with Crippen molar-refractivity contribution >= 4 is 32.4 Å². The molecule has 1 aromatic rings. The molecule has 0 unspecified atom stereocenters. The van der Waals surface area contributed by atoms with Crippen LogP contribution in [0.15, 0.2) is 10.4 Å². The first kappa shape index (κ1) is 14.0. The van der Waals surface area contributed by atoms with Crippen LogP contribution in [0.25, 0.3) is 0 Å². The van der Waals surface area contributed by atoms with Gasteiger partial charge in [0.1, 0.15) is 0 Å². The molecule has 1 rings (SSSR count). The fourth-order valence-electron chi connectivity index (χ4n) is 0.941. The number of hydrogen-bond donors (Lipinski definition) is 2. The third-order valence-corrected chi connectivity index (χ3v) is 4.47. The molecule has 96 valence electrons. The molecule has 0 aliphatic carbocycles. The van der Waals surface area contributed by atoms with E-state index in [1.807, 2.05) is 0 Å². The number of methoxy groups -OCH3 is 1. The van der Waals surface area contributed by atoms with Gasteiger partial charge in [-0.2, -0.15) is 0 Å². The molecule has 0 saturated heterocycles. The van der Waals surface area contributed by atoms with Crippen molar-refractivity contribution in [2.45, 2.75) is 11.1 Å². The number of amides is 1. The summed E-state index contributed by atoms with van der Waals surface area (Å²) in [6.45, 7) is 1.80. The van der Waals surface area contributed by atoms with Gasteiger partial charge in [0.15, 0.2) is 9.34 Å². The Morgan fingerprint density at radius 2 is 2.29 bits per heavy atom. The minimum absolute atomic E-state index is 0.0531. The van der Waals surface area contributed by atoms with Crippen LogP contribution in [0, 0.1) is 0 Å². The van der Waals surface area contributed by atoms with Crippen molar-refractivity contribution in [2.75, 3.05) is 25.6 Å².